The zero-order valence-corrected chi connectivity index (χ0v) is 12.4. The number of aryl methyl sites for hydroxylation is 1. The van der Waals surface area contributed by atoms with Crippen molar-refractivity contribution >= 4 is 22.6 Å². The molecule has 2 nitrogen and oxygen atoms in total. The third-order valence-corrected chi connectivity index (χ3v) is 3.49. The molecule has 0 aromatic heterocycles. The van der Waals surface area contributed by atoms with Gasteiger partial charge in [-0.1, -0.05) is 30.3 Å². The maximum Gasteiger partial charge on any atom is 0.136 e. The Balaban J connectivity index is 2.23. The van der Waals surface area contributed by atoms with Gasteiger partial charge in [0.15, 0.2) is 0 Å². The van der Waals surface area contributed by atoms with Gasteiger partial charge in [0.2, 0.25) is 0 Å². The van der Waals surface area contributed by atoms with E-state index < -0.39 is 0 Å². The first kappa shape index (κ1) is 13.4. The van der Waals surface area contributed by atoms with Crippen LogP contribution in [0.4, 0.5) is 0 Å². The molecule has 2 rings (SSSR count). The Morgan fingerprint density at radius 2 is 1.94 bits per heavy atom. The minimum atomic E-state index is -0.0931. The minimum absolute atomic E-state index is 0.0931. The minimum Gasteiger partial charge on any atom is -0.484 e. The van der Waals surface area contributed by atoms with Crippen molar-refractivity contribution in [1.82, 2.24) is 0 Å². The van der Waals surface area contributed by atoms with Gasteiger partial charge in [0.05, 0.1) is 0 Å². The van der Waals surface area contributed by atoms with E-state index >= 15 is 0 Å². The summed E-state index contributed by atoms with van der Waals surface area (Å²) in [5.74, 6) is 0.862. The summed E-state index contributed by atoms with van der Waals surface area (Å²) in [6.07, 6.45) is -0.0931. The van der Waals surface area contributed by atoms with Gasteiger partial charge in [0.25, 0.3) is 0 Å². The largest absolute Gasteiger partial charge is 0.484 e. The van der Waals surface area contributed by atoms with Gasteiger partial charge in [-0.3, -0.25) is 0 Å². The predicted molar refractivity (Wildman–Crippen MR) is 82.8 cm³/mol. The van der Waals surface area contributed by atoms with Crippen molar-refractivity contribution in [2.24, 2.45) is 5.73 Å². The van der Waals surface area contributed by atoms with Crippen molar-refractivity contribution in [2.75, 3.05) is 6.54 Å². The molecule has 0 aliphatic heterocycles. The average molecular weight is 353 g/mol. The van der Waals surface area contributed by atoms with Crippen LogP contribution in [0.3, 0.4) is 0 Å². The molecule has 94 valence electrons. The predicted octanol–water partition coefficient (Wildman–Crippen LogP) is 3.68. The second kappa shape index (κ2) is 6.20. The molecule has 0 amide bonds. The Labute approximate surface area is 121 Å². The average Bonchev–Trinajstić information content (AvgIpc) is 2.37. The number of ether oxygens (including phenoxy) is 1. The van der Waals surface area contributed by atoms with Crippen LogP contribution in [0.25, 0.3) is 0 Å². The lowest BCUT2D eigenvalue weighted by atomic mass is 10.0. The molecule has 18 heavy (non-hydrogen) atoms. The SMILES string of the molecule is Cc1ccccc1C(CN)Oc1cccc(I)c1. The van der Waals surface area contributed by atoms with E-state index in [2.05, 4.69) is 41.6 Å². The molecule has 0 radical (unpaired) electrons. The first-order valence-corrected chi connectivity index (χ1v) is 6.96. The molecule has 3 heteroatoms. The van der Waals surface area contributed by atoms with E-state index in [0.29, 0.717) is 6.54 Å². The first-order valence-electron chi connectivity index (χ1n) is 5.88. The summed E-state index contributed by atoms with van der Waals surface area (Å²) >= 11 is 2.27. The van der Waals surface area contributed by atoms with Gasteiger partial charge in [0.1, 0.15) is 11.9 Å². The molecule has 0 aliphatic carbocycles. The van der Waals surface area contributed by atoms with Crippen LogP contribution < -0.4 is 10.5 Å². The molecule has 0 heterocycles. The lowest BCUT2D eigenvalue weighted by Gasteiger charge is -2.19. The zero-order valence-electron chi connectivity index (χ0n) is 10.3. The number of rotatable bonds is 4. The van der Waals surface area contributed by atoms with E-state index in [1.807, 2.05) is 36.4 Å². The van der Waals surface area contributed by atoms with E-state index in [4.69, 9.17) is 10.5 Å². The molecule has 2 N–H and O–H groups in total. The molecular weight excluding hydrogens is 337 g/mol. The Morgan fingerprint density at radius 1 is 1.17 bits per heavy atom. The van der Waals surface area contributed by atoms with E-state index in [0.717, 1.165) is 14.9 Å². The third kappa shape index (κ3) is 3.23. The van der Waals surface area contributed by atoms with Crippen LogP contribution in [0, 0.1) is 10.5 Å². The van der Waals surface area contributed by atoms with Gasteiger partial charge >= 0.3 is 0 Å². The number of halogens is 1. The van der Waals surface area contributed by atoms with Crippen LogP contribution in [0.1, 0.15) is 17.2 Å². The number of benzene rings is 2. The zero-order chi connectivity index (χ0) is 13.0. The summed E-state index contributed by atoms with van der Waals surface area (Å²) in [5.41, 5.74) is 8.19. The monoisotopic (exact) mass is 353 g/mol. The van der Waals surface area contributed by atoms with Gasteiger partial charge in [-0.05, 0) is 58.8 Å². The fraction of sp³-hybridized carbons (Fsp3) is 0.200. The second-order valence-corrected chi connectivity index (χ2v) is 5.40. The summed E-state index contributed by atoms with van der Waals surface area (Å²) in [7, 11) is 0. The van der Waals surface area contributed by atoms with E-state index in [1.54, 1.807) is 0 Å². The maximum atomic E-state index is 5.98. The van der Waals surface area contributed by atoms with Gasteiger partial charge in [-0.15, -0.1) is 0 Å². The Kier molecular flexibility index (Phi) is 4.60. The van der Waals surface area contributed by atoms with Gasteiger partial charge < -0.3 is 10.5 Å². The normalized spacial score (nSPS) is 12.2. The second-order valence-electron chi connectivity index (χ2n) is 4.16. The highest BCUT2D eigenvalue weighted by Gasteiger charge is 2.13. The van der Waals surface area contributed by atoms with Crippen LogP contribution in [0.5, 0.6) is 5.75 Å². The van der Waals surface area contributed by atoms with E-state index in [1.165, 1.54) is 5.56 Å². The van der Waals surface area contributed by atoms with Crippen molar-refractivity contribution in [3.8, 4) is 5.75 Å². The first-order chi connectivity index (χ1) is 8.70. The van der Waals surface area contributed by atoms with Gasteiger partial charge in [0, 0.05) is 10.1 Å². The van der Waals surface area contributed by atoms with Crippen LogP contribution in [0.2, 0.25) is 0 Å². The smallest absolute Gasteiger partial charge is 0.136 e. The lowest BCUT2D eigenvalue weighted by Crippen LogP contribution is -2.19. The number of hydrogen-bond acceptors (Lipinski definition) is 2. The fourth-order valence-corrected chi connectivity index (χ4v) is 2.41. The molecule has 1 atom stereocenters. The van der Waals surface area contributed by atoms with Crippen LogP contribution >= 0.6 is 22.6 Å². The molecule has 1 unspecified atom stereocenters. The summed E-state index contributed by atoms with van der Waals surface area (Å²) in [6.45, 7) is 2.55. The van der Waals surface area contributed by atoms with E-state index in [-0.39, 0.29) is 6.10 Å². The van der Waals surface area contributed by atoms with E-state index in [9.17, 15) is 0 Å². The molecule has 2 aromatic rings. The maximum absolute atomic E-state index is 5.98. The Hall–Kier alpha value is -1.07. The number of hydrogen-bond donors (Lipinski definition) is 1. The van der Waals surface area contributed by atoms with Crippen LogP contribution in [-0.4, -0.2) is 6.54 Å². The summed E-state index contributed by atoms with van der Waals surface area (Å²) in [6, 6.07) is 16.2. The third-order valence-electron chi connectivity index (χ3n) is 2.82. The van der Waals surface area contributed by atoms with Gasteiger partial charge in [-0.25, -0.2) is 0 Å². The standard InChI is InChI=1S/C15H16INO/c1-11-5-2-3-8-14(11)15(10-17)18-13-7-4-6-12(16)9-13/h2-9,15H,10,17H2,1H3. The molecule has 0 aliphatic rings. The highest BCUT2D eigenvalue weighted by atomic mass is 127. The molecule has 2 aromatic carbocycles. The highest BCUT2D eigenvalue weighted by Crippen LogP contribution is 2.24. The quantitative estimate of drug-likeness (QED) is 0.852. The van der Waals surface area contributed by atoms with Crippen molar-refractivity contribution in [2.45, 2.75) is 13.0 Å². The summed E-state index contributed by atoms with van der Waals surface area (Å²) in [4.78, 5) is 0. The van der Waals surface area contributed by atoms with Crippen molar-refractivity contribution < 1.29 is 4.74 Å². The molecule has 0 bridgehead atoms. The molecule has 0 saturated carbocycles. The lowest BCUT2D eigenvalue weighted by molar-refractivity contribution is 0.213. The van der Waals surface area contributed by atoms with Crippen molar-refractivity contribution in [3.63, 3.8) is 0 Å². The fourth-order valence-electron chi connectivity index (χ4n) is 1.89. The van der Waals surface area contributed by atoms with Crippen LogP contribution in [0.15, 0.2) is 48.5 Å². The molecule has 0 spiro atoms. The van der Waals surface area contributed by atoms with Crippen molar-refractivity contribution in [1.29, 1.82) is 0 Å². The van der Waals surface area contributed by atoms with Crippen LogP contribution in [-0.2, 0) is 0 Å². The Morgan fingerprint density at radius 3 is 2.61 bits per heavy atom. The summed E-state index contributed by atoms with van der Waals surface area (Å²) < 4.78 is 7.14. The Bertz CT molecular complexity index is 527. The molecule has 0 saturated heterocycles. The topological polar surface area (TPSA) is 35.2 Å². The number of nitrogens with two attached hydrogens (primary N) is 1. The summed E-state index contributed by atoms with van der Waals surface area (Å²) in [5, 5.41) is 0. The molecular formula is C15H16INO. The van der Waals surface area contributed by atoms with Crippen molar-refractivity contribution in [3.05, 3.63) is 63.2 Å². The molecule has 0 fully saturated rings. The highest BCUT2D eigenvalue weighted by molar-refractivity contribution is 14.1. The van der Waals surface area contributed by atoms with Gasteiger partial charge in [-0.2, -0.15) is 0 Å².